The molecule has 2 fully saturated rings. The quantitative estimate of drug-likeness (QED) is 0.852. The molecule has 1 saturated carbocycles. The van der Waals surface area contributed by atoms with Crippen molar-refractivity contribution in [1.82, 2.24) is 9.80 Å². The van der Waals surface area contributed by atoms with Crippen molar-refractivity contribution in [2.75, 3.05) is 33.7 Å². The minimum absolute atomic E-state index is 0.256. The summed E-state index contributed by atoms with van der Waals surface area (Å²) in [6.45, 7) is 5.67. The van der Waals surface area contributed by atoms with Gasteiger partial charge in [-0.1, -0.05) is 19.8 Å². The van der Waals surface area contributed by atoms with E-state index in [1.807, 2.05) is 0 Å². The maximum absolute atomic E-state index is 6.24. The molecule has 2 rings (SSSR count). The molecular weight excluding hydrogens is 234 g/mol. The van der Waals surface area contributed by atoms with Crippen LogP contribution in [0.3, 0.4) is 0 Å². The van der Waals surface area contributed by atoms with E-state index >= 15 is 0 Å². The zero-order chi connectivity index (χ0) is 13.9. The van der Waals surface area contributed by atoms with Gasteiger partial charge in [-0.15, -0.1) is 0 Å². The van der Waals surface area contributed by atoms with Crippen LogP contribution in [-0.4, -0.2) is 55.1 Å². The Hall–Kier alpha value is -0.120. The molecule has 1 saturated heterocycles. The summed E-state index contributed by atoms with van der Waals surface area (Å²) < 4.78 is 0. The van der Waals surface area contributed by atoms with E-state index in [-0.39, 0.29) is 5.54 Å². The first-order chi connectivity index (χ1) is 9.07. The molecule has 0 bridgehead atoms. The fourth-order valence-corrected chi connectivity index (χ4v) is 4.16. The average Bonchev–Trinajstić information content (AvgIpc) is 2.61. The molecule has 1 heterocycles. The van der Waals surface area contributed by atoms with Gasteiger partial charge in [0.15, 0.2) is 0 Å². The largest absolute Gasteiger partial charge is 0.329 e. The summed E-state index contributed by atoms with van der Waals surface area (Å²) in [5.74, 6) is 0.893. The number of rotatable bonds is 3. The maximum Gasteiger partial charge on any atom is 0.0344 e. The van der Waals surface area contributed by atoms with Crippen LogP contribution in [0, 0.1) is 5.92 Å². The SMILES string of the molecule is CC1CCCC(N(C)C2(CN)CCCN(C)CC2)C1. The Kier molecular flexibility index (Phi) is 5.27. The molecule has 3 heteroatoms. The van der Waals surface area contributed by atoms with E-state index < -0.39 is 0 Å². The molecule has 3 unspecified atom stereocenters. The van der Waals surface area contributed by atoms with Crippen molar-refractivity contribution in [3.05, 3.63) is 0 Å². The van der Waals surface area contributed by atoms with Crippen molar-refractivity contribution in [1.29, 1.82) is 0 Å². The molecule has 2 N–H and O–H groups in total. The van der Waals surface area contributed by atoms with Crippen LogP contribution in [-0.2, 0) is 0 Å². The third-order valence-electron chi connectivity index (χ3n) is 5.73. The molecule has 0 spiro atoms. The molecule has 0 aromatic heterocycles. The lowest BCUT2D eigenvalue weighted by Crippen LogP contribution is -2.57. The van der Waals surface area contributed by atoms with Gasteiger partial charge in [0.05, 0.1) is 0 Å². The lowest BCUT2D eigenvalue weighted by Gasteiger charge is -2.47. The summed E-state index contributed by atoms with van der Waals surface area (Å²) in [5.41, 5.74) is 6.49. The highest BCUT2D eigenvalue weighted by molar-refractivity contribution is 4.96. The second kappa shape index (κ2) is 6.55. The van der Waals surface area contributed by atoms with Gasteiger partial charge in [-0.2, -0.15) is 0 Å². The van der Waals surface area contributed by atoms with E-state index in [1.165, 1.54) is 58.0 Å². The molecule has 0 aromatic rings. The van der Waals surface area contributed by atoms with E-state index in [9.17, 15) is 0 Å². The molecule has 3 nitrogen and oxygen atoms in total. The lowest BCUT2D eigenvalue weighted by molar-refractivity contribution is 0.0365. The number of nitrogens with two attached hydrogens (primary N) is 1. The Labute approximate surface area is 119 Å². The highest BCUT2D eigenvalue weighted by Crippen LogP contribution is 2.34. The minimum Gasteiger partial charge on any atom is -0.329 e. The molecule has 19 heavy (non-hydrogen) atoms. The molecule has 2 aliphatic rings. The molecular formula is C16H33N3. The Morgan fingerprint density at radius 1 is 1.21 bits per heavy atom. The summed E-state index contributed by atoms with van der Waals surface area (Å²) in [4.78, 5) is 5.15. The van der Waals surface area contributed by atoms with Gasteiger partial charge < -0.3 is 10.6 Å². The Morgan fingerprint density at radius 2 is 2.00 bits per heavy atom. The van der Waals surface area contributed by atoms with Gasteiger partial charge in [0.25, 0.3) is 0 Å². The predicted octanol–water partition coefficient (Wildman–Crippen LogP) is 2.31. The molecule has 3 atom stereocenters. The van der Waals surface area contributed by atoms with Gasteiger partial charge in [0.2, 0.25) is 0 Å². The van der Waals surface area contributed by atoms with Crippen LogP contribution in [0.4, 0.5) is 0 Å². The highest BCUT2D eigenvalue weighted by atomic mass is 15.2. The second-order valence-corrected chi connectivity index (χ2v) is 7.12. The third kappa shape index (κ3) is 3.50. The summed E-state index contributed by atoms with van der Waals surface area (Å²) in [6.07, 6.45) is 9.36. The van der Waals surface area contributed by atoms with Crippen molar-refractivity contribution in [3.8, 4) is 0 Å². The number of likely N-dealkylation sites (N-methyl/N-ethyl adjacent to an activating group) is 1. The summed E-state index contributed by atoms with van der Waals surface area (Å²) >= 11 is 0. The Bertz CT molecular complexity index is 281. The smallest absolute Gasteiger partial charge is 0.0344 e. The monoisotopic (exact) mass is 267 g/mol. The molecule has 0 radical (unpaired) electrons. The molecule has 0 amide bonds. The molecule has 1 aliphatic heterocycles. The summed E-state index contributed by atoms with van der Waals surface area (Å²) in [7, 11) is 4.59. The zero-order valence-corrected chi connectivity index (χ0v) is 13.2. The first-order valence-corrected chi connectivity index (χ1v) is 8.19. The lowest BCUT2D eigenvalue weighted by atomic mass is 9.81. The fraction of sp³-hybridized carbons (Fsp3) is 1.00. The van der Waals surface area contributed by atoms with Crippen molar-refractivity contribution < 1.29 is 0 Å². The van der Waals surface area contributed by atoms with E-state index in [1.54, 1.807) is 0 Å². The maximum atomic E-state index is 6.24. The molecule has 112 valence electrons. The van der Waals surface area contributed by atoms with E-state index in [2.05, 4.69) is 30.8 Å². The standard InChI is InChI=1S/C16H33N3/c1-14-6-4-7-15(12-14)19(3)16(13-17)8-5-10-18(2)11-9-16/h14-15H,4-13,17H2,1-3H3. The van der Waals surface area contributed by atoms with Crippen LogP contribution in [0.15, 0.2) is 0 Å². The Morgan fingerprint density at radius 3 is 2.68 bits per heavy atom. The van der Waals surface area contributed by atoms with Gasteiger partial charge in [-0.3, -0.25) is 4.90 Å². The van der Waals surface area contributed by atoms with E-state index in [0.29, 0.717) is 0 Å². The van der Waals surface area contributed by atoms with Gasteiger partial charge in [0.1, 0.15) is 0 Å². The van der Waals surface area contributed by atoms with Crippen molar-refractivity contribution >= 4 is 0 Å². The Balaban J connectivity index is 2.06. The third-order valence-corrected chi connectivity index (χ3v) is 5.73. The number of nitrogens with zero attached hydrogens (tertiary/aromatic N) is 2. The van der Waals surface area contributed by atoms with Gasteiger partial charge in [-0.05, 0) is 65.2 Å². The fourth-order valence-electron chi connectivity index (χ4n) is 4.16. The number of likely N-dealkylation sites (tertiary alicyclic amines) is 1. The van der Waals surface area contributed by atoms with Gasteiger partial charge >= 0.3 is 0 Å². The topological polar surface area (TPSA) is 32.5 Å². The first kappa shape index (κ1) is 15.3. The average molecular weight is 267 g/mol. The predicted molar refractivity (Wildman–Crippen MR) is 82.3 cm³/mol. The number of hydrogen-bond acceptors (Lipinski definition) is 3. The first-order valence-electron chi connectivity index (χ1n) is 8.19. The van der Waals surface area contributed by atoms with Crippen LogP contribution in [0.2, 0.25) is 0 Å². The summed E-state index contributed by atoms with van der Waals surface area (Å²) in [5, 5.41) is 0. The second-order valence-electron chi connectivity index (χ2n) is 7.12. The molecule has 0 aromatic carbocycles. The van der Waals surface area contributed by atoms with E-state index in [4.69, 9.17) is 5.73 Å². The normalized spacial score (nSPS) is 38.4. The highest BCUT2D eigenvalue weighted by Gasteiger charge is 2.38. The molecule has 1 aliphatic carbocycles. The van der Waals surface area contributed by atoms with Gasteiger partial charge in [0, 0.05) is 18.1 Å². The van der Waals surface area contributed by atoms with Crippen LogP contribution in [0.1, 0.15) is 51.9 Å². The van der Waals surface area contributed by atoms with Crippen molar-refractivity contribution in [2.24, 2.45) is 11.7 Å². The van der Waals surface area contributed by atoms with Crippen molar-refractivity contribution in [3.63, 3.8) is 0 Å². The van der Waals surface area contributed by atoms with Crippen LogP contribution in [0.5, 0.6) is 0 Å². The zero-order valence-electron chi connectivity index (χ0n) is 13.2. The van der Waals surface area contributed by atoms with Crippen LogP contribution in [0.25, 0.3) is 0 Å². The van der Waals surface area contributed by atoms with Gasteiger partial charge in [-0.25, -0.2) is 0 Å². The number of hydrogen-bond donors (Lipinski definition) is 1. The minimum atomic E-state index is 0.256. The summed E-state index contributed by atoms with van der Waals surface area (Å²) in [6, 6.07) is 0.760. The van der Waals surface area contributed by atoms with E-state index in [0.717, 1.165) is 18.5 Å². The van der Waals surface area contributed by atoms with Crippen LogP contribution >= 0.6 is 0 Å². The van der Waals surface area contributed by atoms with Crippen molar-refractivity contribution in [2.45, 2.75) is 63.5 Å². The van der Waals surface area contributed by atoms with Crippen LogP contribution < -0.4 is 5.73 Å².